The quantitative estimate of drug-likeness (QED) is 0.810. The maximum absolute atomic E-state index is 11.5. The number of alkyl halides is 1. The summed E-state index contributed by atoms with van der Waals surface area (Å²) in [6.07, 6.45) is -0.466. The number of carbonyl (C=O) groups excluding carboxylic acids is 1. The number of carbonyl (C=O) groups is 1. The van der Waals surface area contributed by atoms with E-state index in [1.165, 1.54) is 5.56 Å². The minimum absolute atomic E-state index is 0.321. The Kier molecular flexibility index (Phi) is 5.23. The van der Waals surface area contributed by atoms with Crippen LogP contribution in [0.1, 0.15) is 18.1 Å². The molecule has 0 saturated carbocycles. The van der Waals surface area contributed by atoms with Gasteiger partial charge in [-0.2, -0.15) is 0 Å². The molecule has 0 radical (unpaired) electrons. The van der Waals surface area contributed by atoms with Crippen molar-refractivity contribution < 1.29 is 9.53 Å². The summed E-state index contributed by atoms with van der Waals surface area (Å²) in [4.78, 5) is 11.5. The van der Waals surface area contributed by atoms with E-state index in [-0.39, 0.29) is 0 Å². The van der Waals surface area contributed by atoms with Crippen molar-refractivity contribution in [1.29, 1.82) is 0 Å². The van der Waals surface area contributed by atoms with Crippen LogP contribution in [-0.2, 0) is 10.6 Å². The molecule has 110 valence electrons. The Morgan fingerprint density at radius 1 is 1.14 bits per heavy atom. The zero-order valence-electron chi connectivity index (χ0n) is 12.2. The molecule has 0 bridgehead atoms. The van der Waals surface area contributed by atoms with Gasteiger partial charge in [0.25, 0.3) is 0 Å². The first-order chi connectivity index (χ1) is 10.1. The van der Waals surface area contributed by atoms with Crippen molar-refractivity contribution in [3.05, 3.63) is 53.6 Å². The standard InChI is InChI=1S/C17H18ClNO2/c1-3-21-17(20)19-16-9-8-14(10-15(16)11-18)13-6-4-12(2)5-7-13/h4-10H,3,11H2,1-2H3,(H,19,20). The van der Waals surface area contributed by atoms with Crippen molar-refractivity contribution in [2.45, 2.75) is 19.7 Å². The Bertz CT molecular complexity index is 623. The predicted octanol–water partition coefficient (Wildman–Crippen LogP) is 4.97. The van der Waals surface area contributed by atoms with E-state index in [1.807, 2.05) is 18.2 Å². The number of hydrogen-bond acceptors (Lipinski definition) is 2. The SMILES string of the molecule is CCOC(=O)Nc1ccc(-c2ccc(C)cc2)cc1CCl. The maximum atomic E-state index is 11.5. The summed E-state index contributed by atoms with van der Waals surface area (Å²) in [6, 6.07) is 14.1. The van der Waals surface area contributed by atoms with Crippen LogP contribution < -0.4 is 5.32 Å². The highest BCUT2D eigenvalue weighted by Crippen LogP contribution is 2.27. The summed E-state index contributed by atoms with van der Waals surface area (Å²) in [6.45, 7) is 4.16. The molecule has 21 heavy (non-hydrogen) atoms. The van der Waals surface area contributed by atoms with Crippen LogP contribution in [0.5, 0.6) is 0 Å². The third-order valence-electron chi connectivity index (χ3n) is 3.15. The fourth-order valence-electron chi connectivity index (χ4n) is 2.03. The Hall–Kier alpha value is -2.00. The van der Waals surface area contributed by atoms with Crippen LogP contribution in [0.15, 0.2) is 42.5 Å². The zero-order chi connectivity index (χ0) is 15.2. The van der Waals surface area contributed by atoms with E-state index in [1.54, 1.807) is 6.92 Å². The Morgan fingerprint density at radius 2 is 1.81 bits per heavy atom. The normalized spacial score (nSPS) is 10.2. The maximum Gasteiger partial charge on any atom is 0.411 e. The second kappa shape index (κ2) is 7.14. The number of hydrogen-bond donors (Lipinski definition) is 1. The Labute approximate surface area is 129 Å². The fourth-order valence-corrected chi connectivity index (χ4v) is 2.25. The lowest BCUT2D eigenvalue weighted by Gasteiger charge is -2.11. The van der Waals surface area contributed by atoms with Crippen molar-refractivity contribution in [3.63, 3.8) is 0 Å². The van der Waals surface area contributed by atoms with E-state index in [9.17, 15) is 4.79 Å². The van der Waals surface area contributed by atoms with Gasteiger partial charge in [-0.05, 0) is 42.7 Å². The topological polar surface area (TPSA) is 38.3 Å². The van der Waals surface area contributed by atoms with Gasteiger partial charge in [0.15, 0.2) is 0 Å². The van der Waals surface area contributed by atoms with Gasteiger partial charge < -0.3 is 4.74 Å². The van der Waals surface area contributed by atoms with Crippen LogP contribution in [0.25, 0.3) is 11.1 Å². The first-order valence-corrected chi connectivity index (χ1v) is 7.37. The summed E-state index contributed by atoms with van der Waals surface area (Å²) < 4.78 is 4.88. The van der Waals surface area contributed by atoms with Crippen molar-refractivity contribution in [2.24, 2.45) is 0 Å². The highest BCUT2D eigenvalue weighted by atomic mass is 35.5. The van der Waals surface area contributed by atoms with Gasteiger partial charge in [0, 0.05) is 11.6 Å². The second-order valence-electron chi connectivity index (χ2n) is 4.72. The molecule has 0 aromatic heterocycles. The van der Waals surface area contributed by atoms with E-state index >= 15 is 0 Å². The highest BCUT2D eigenvalue weighted by Gasteiger charge is 2.08. The van der Waals surface area contributed by atoms with Gasteiger partial charge in [0.2, 0.25) is 0 Å². The monoisotopic (exact) mass is 303 g/mol. The molecule has 2 aromatic carbocycles. The molecule has 0 spiro atoms. The summed E-state index contributed by atoms with van der Waals surface area (Å²) in [5.41, 5.74) is 4.95. The van der Waals surface area contributed by atoms with Gasteiger partial charge in [-0.25, -0.2) is 4.79 Å². The third-order valence-corrected chi connectivity index (χ3v) is 3.43. The van der Waals surface area contributed by atoms with Gasteiger partial charge in [0.1, 0.15) is 0 Å². The van der Waals surface area contributed by atoms with Crippen molar-refractivity contribution in [1.82, 2.24) is 0 Å². The molecule has 0 fully saturated rings. The number of aryl methyl sites for hydroxylation is 1. The minimum atomic E-state index is -0.466. The lowest BCUT2D eigenvalue weighted by molar-refractivity contribution is 0.168. The Morgan fingerprint density at radius 3 is 2.43 bits per heavy atom. The van der Waals surface area contributed by atoms with Gasteiger partial charge in [-0.15, -0.1) is 11.6 Å². The van der Waals surface area contributed by atoms with Crippen LogP contribution in [0, 0.1) is 6.92 Å². The number of rotatable bonds is 4. The number of ether oxygens (including phenoxy) is 1. The number of benzene rings is 2. The smallest absolute Gasteiger partial charge is 0.411 e. The van der Waals surface area contributed by atoms with E-state index in [2.05, 4.69) is 36.5 Å². The average molecular weight is 304 g/mol. The molecule has 2 aromatic rings. The number of anilines is 1. The minimum Gasteiger partial charge on any atom is -0.450 e. The molecule has 0 atom stereocenters. The van der Waals surface area contributed by atoms with E-state index in [4.69, 9.17) is 16.3 Å². The van der Waals surface area contributed by atoms with Crippen LogP contribution in [0.2, 0.25) is 0 Å². The van der Waals surface area contributed by atoms with Crippen molar-refractivity contribution >= 4 is 23.4 Å². The largest absolute Gasteiger partial charge is 0.450 e. The summed E-state index contributed by atoms with van der Waals surface area (Å²) >= 11 is 5.99. The number of halogens is 1. The molecule has 1 N–H and O–H groups in total. The van der Waals surface area contributed by atoms with E-state index in [0.29, 0.717) is 18.2 Å². The van der Waals surface area contributed by atoms with Gasteiger partial charge in [-0.3, -0.25) is 5.32 Å². The lowest BCUT2D eigenvalue weighted by atomic mass is 10.0. The van der Waals surface area contributed by atoms with Crippen molar-refractivity contribution in [3.8, 4) is 11.1 Å². The summed E-state index contributed by atoms with van der Waals surface area (Å²) in [5.74, 6) is 0.321. The molecule has 0 unspecified atom stereocenters. The first-order valence-electron chi connectivity index (χ1n) is 6.83. The van der Waals surface area contributed by atoms with Crippen LogP contribution in [0.4, 0.5) is 10.5 Å². The van der Waals surface area contributed by atoms with Crippen LogP contribution in [-0.4, -0.2) is 12.7 Å². The molecule has 0 aliphatic rings. The van der Waals surface area contributed by atoms with E-state index in [0.717, 1.165) is 16.7 Å². The molecular weight excluding hydrogens is 286 g/mol. The molecular formula is C17H18ClNO2. The van der Waals surface area contributed by atoms with Crippen LogP contribution >= 0.6 is 11.6 Å². The molecule has 0 aliphatic carbocycles. The first kappa shape index (κ1) is 15.4. The number of amides is 1. The molecule has 0 aliphatic heterocycles. The van der Waals surface area contributed by atoms with Crippen LogP contribution in [0.3, 0.4) is 0 Å². The van der Waals surface area contributed by atoms with Gasteiger partial charge in [-0.1, -0.05) is 35.9 Å². The molecule has 3 nitrogen and oxygen atoms in total. The highest BCUT2D eigenvalue weighted by molar-refractivity contribution is 6.17. The van der Waals surface area contributed by atoms with Crippen molar-refractivity contribution in [2.75, 3.05) is 11.9 Å². The fraction of sp³-hybridized carbons (Fsp3) is 0.235. The molecule has 0 saturated heterocycles. The molecule has 4 heteroatoms. The second-order valence-corrected chi connectivity index (χ2v) is 4.98. The Balaban J connectivity index is 2.27. The zero-order valence-corrected chi connectivity index (χ0v) is 12.9. The molecule has 2 rings (SSSR count). The van der Waals surface area contributed by atoms with Gasteiger partial charge in [0.05, 0.1) is 6.61 Å². The third kappa shape index (κ3) is 3.99. The summed E-state index contributed by atoms with van der Waals surface area (Å²) in [5, 5.41) is 2.70. The number of nitrogens with one attached hydrogen (secondary N) is 1. The lowest BCUT2D eigenvalue weighted by Crippen LogP contribution is -2.14. The van der Waals surface area contributed by atoms with Gasteiger partial charge >= 0.3 is 6.09 Å². The molecule has 1 amide bonds. The predicted molar refractivity (Wildman–Crippen MR) is 86.8 cm³/mol. The average Bonchev–Trinajstić information content (AvgIpc) is 2.49. The summed E-state index contributed by atoms with van der Waals surface area (Å²) in [7, 11) is 0. The molecule has 0 heterocycles. The van der Waals surface area contributed by atoms with E-state index < -0.39 is 6.09 Å².